The fourth-order valence-corrected chi connectivity index (χ4v) is 3.30. The zero-order chi connectivity index (χ0) is 14.3. The molecule has 3 heteroatoms. The van der Waals surface area contributed by atoms with Gasteiger partial charge in [0.1, 0.15) is 5.75 Å². The first kappa shape index (κ1) is 13.3. The maximum Gasteiger partial charge on any atom is 0.121 e. The third-order valence-electron chi connectivity index (χ3n) is 4.29. The quantitative estimate of drug-likeness (QED) is 0.908. The second-order valence-corrected chi connectivity index (χ2v) is 5.68. The van der Waals surface area contributed by atoms with Crippen LogP contribution in [0.15, 0.2) is 24.3 Å². The van der Waals surface area contributed by atoms with Gasteiger partial charge < -0.3 is 15.0 Å². The number of fused-ring (bicyclic) bond motifs is 1. The number of methoxy groups -OCH3 is 1. The van der Waals surface area contributed by atoms with Gasteiger partial charge in [-0.1, -0.05) is 0 Å². The average Bonchev–Trinajstić information content (AvgIpc) is 2.76. The van der Waals surface area contributed by atoms with Crippen LogP contribution in [0.5, 0.6) is 5.75 Å². The van der Waals surface area contributed by atoms with Crippen LogP contribution in [0.3, 0.4) is 0 Å². The lowest BCUT2D eigenvalue weighted by molar-refractivity contribution is 0.411. The van der Waals surface area contributed by atoms with E-state index >= 15 is 0 Å². The van der Waals surface area contributed by atoms with Crippen LogP contribution in [-0.4, -0.2) is 11.7 Å². The van der Waals surface area contributed by atoms with E-state index in [0.717, 1.165) is 24.2 Å². The molecular formula is C17H22N2O. The smallest absolute Gasteiger partial charge is 0.121 e. The van der Waals surface area contributed by atoms with Crippen LogP contribution < -0.4 is 10.5 Å². The minimum absolute atomic E-state index is 0.193. The van der Waals surface area contributed by atoms with Crippen LogP contribution in [0.2, 0.25) is 0 Å². The van der Waals surface area contributed by atoms with Gasteiger partial charge in [-0.25, -0.2) is 0 Å². The number of hydrogen-bond donors (Lipinski definition) is 1. The number of aryl methyl sites for hydroxylation is 2. The van der Waals surface area contributed by atoms with Gasteiger partial charge in [-0.15, -0.1) is 0 Å². The number of nitrogens with two attached hydrogens (primary N) is 1. The lowest BCUT2D eigenvalue weighted by atomic mass is 9.93. The monoisotopic (exact) mass is 270 g/mol. The van der Waals surface area contributed by atoms with Crippen molar-refractivity contribution in [3.63, 3.8) is 0 Å². The largest absolute Gasteiger partial charge is 0.496 e. The number of rotatable bonds is 2. The highest BCUT2D eigenvalue weighted by Crippen LogP contribution is 2.33. The molecule has 0 amide bonds. The summed E-state index contributed by atoms with van der Waals surface area (Å²) >= 11 is 0. The zero-order valence-corrected chi connectivity index (χ0v) is 12.4. The summed E-state index contributed by atoms with van der Waals surface area (Å²) in [4.78, 5) is 0. The van der Waals surface area contributed by atoms with E-state index in [1.165, 1.54) is 29.1 Å². The molecule has 2 aromatic rings. The number of hydrogen-bond acceptors (Lipinski definition) is 2. The summed E-state index contributed by atoms with van der Waals surface area (Å²) in [5, 5.41) is 0. The Kier molecular flexibility index (Phi) is 3.30. The molecule has 0 radical (unpaired) electrons. The molecule has 1 aromatic carbocycles. The summed E-state index contributed by atoms with van der Waals surface area (Å²) in [7, 11) is 1.71. The molecular weight excluding hydrogens is 248 g/mol. The molecule has 1 unspecified atom stereocenters. The first-order valence-electron chi connectivity index (χ1n) is 7.23. The molecule has 0 spiro atoms. The summed E-state index contributed by atoms with van der Waals surface area (Å²) in [5.74, 6) is 0.934. The van der Waals surface area contributed by atoms with Gasteiger partial charge in [-0.2, -0.15) is 0 Å². The molecule has 3 nitrogen and oxygen atoms in total. The molecule has 1 aliphatic rings. The molecule has 0 bridgehead atoms. The third-order valence-corrected chi connectivity index (χ3v) is 4.29. The van der Waals surface area contributed by atoms with E-state index in [0.29, 0.717) is 0 Å². The van der Waals surface area contributed by atoms with E-state index in [9.17, 15) is 0 Å². The maximum absolute atomic E-state index is 6.25. The maximum atomic E-state index is 6.25. The highest BCUT2D eigenvalue weighted by atomic mass is 16.5. The van der Waals surface area contributed by atoms with Crippen molar-refractivity contribution < 1.29 is 4.74 Å². The van der Waals surface area contributed by atoms with E-state index in [1.54, 1.807) is 7.11 Å². The summed E-state index contributed by atoms with van der Waals surface area (Å²) in [6.07, 6.45) is 3.38. The highest BCUT2D eigenvalue weighted by Gasteiger charge is 2.22. The molecule has 1 heterocycles. The molecule has 20 heavy (non-hydrogen) atoms. The molecule has 1 aliphatic carbocycles. The molecule has 0 fully saturated rings. The van der Waals surface area contributed by atoms with Crippen molar-refractivity contribution in [1.82, 2.24) is 4.57 Å². The van der Waals surface area contributed by atoms with Gasteiger partial charge in [0.2, 0.25) is 0 Å². The molecule has 3 rings (SSSR count). The van der Waals surface area contributed by atoms with Crippen molar-refractivity contribution in [2.24, 2.45) is 5.73 Å². The Labute approximate surface area is 120 Å². The number of aromatic nitrogens is 1. The van der Waals surface area contributed by atoms with E-state index < -0.39 is 0 Å². The van der Waals surface area contributed by atoms with Crippen molar-refractivity contribution in [3.05, 3.63) is 46.8 Å². The van der Waals surface area contributed by atoms with E-state index in [-0.39, 0.29) is 6.04 Å². The summed E-state index contributed by atoms with van der Waals surface area (Å²) in [6, 6.07) is 8.79. The second-order valence-electron chi connectivity index (χ2n) is 5.68. The van der Waals surface area contributed by atoms with Gasteiger partial charge in [0.25, 0.3) is 0 Å². The van der Waals surface area contributed by atoms with Crippen LogP contribution in [0.25, 0.3) is 5.69 Å². The first-order chi connectivity index (χ1) is 9.61. The summed E-state index contributed by atoms with van der Waals surface area (Å²) in [6.45, 7) is 4.24. The highest BCUT2D eigenvalue weighted by molar-refractivity contribution is 5.48. The molecule has 1 atom stereocenters. The third kappa shape index (κ3) is 2.02. The van der Waals surface area contributed by atoms with Gasteiger partial charge >= 0.3 is 0 Å². The summed E-state index contributed by atoms with van der Waals surface area (Å²) in [5.41, 5.74) is 12.6. The van der Waals surface area contributed by atoms with Crippen LogP contribution >= 0.6 is 0 Å². The minimum atomic E-state index is 0.193. The van der Waals surface area contributed by atoms with Crippen molar-refractivity contribution >= 4 is 0 Å². The second kappa shape index (κ2) is 4.98. The topological polar surface area (TPSA) is 40.2 Å². The average molecular weight is 270 g/mol. The Balaban J connectivity index is 2.13. The number of nitrogens with zero attached hydrogens (tertiary/aromatic N) is 1. The van der Waals surface area contributed by atoms with Crippen molar-refractivity contribution in [3.8, 4) is 11.4 Å². The van der Waals surface area contributed by atoms with Crippen molar-refractivity contribution in [1.29, 1.82) is 0 Å². The van der Waals surface area contributed by atoms with E-state index in [2.05, 4.69) is 36.6 Å². The van der Waals surface area contributed by atoms with Gasteiger partial charge in [0.15, 0.2) is 0 Å². The van der Waals surface area contributed by atoms with Crippen molar-refractivity contribution in [2.45, 2.75) is 39.2 Å². The Morgan fingerprint density at radius 2 is 2.05 bits per heavy atom. The summed E-state index contributed by atoms with van der Waals surface area (Å²) < 4.78 is 7.70. The normalized spacial score (nSPS) is 17.9. The molecule has 2 N–H and O–H groups in total. The molecule has 0 saturated heterocycles. The Bertz CT molecular complexity index is 643. The SMILES string of the molecule is COc1ccc(-n2c(C)cc3c2CCCC3N)cc1C. The Hall–Kier alpha value is -1.74. The predicted octanol–water partition coefficient (Wildman–Crippen LogP) is 3.44. The van der Waals surface area contributed by atoms with Gasteiger partial charge in [0.05, 0.1) is 7.11 Å². The van der Waals surface area contributed by atoms with Crippen LogP contribution in [0.1, 0.15) is 41.4 Å². The van der Waals surface area contributed by atoms with Crippen LogP contribution in [-0.2, 0) is 6.42 Å². The standard InChI is InChI=1S/C17H22N2O/c1-11-9-13(7-8-17(11)20-3)19-12(2)10-14-15(18)5-4-6-16(14)19/h7-10,15H,4-6,18H2,1-3H3. The van der Waals surface area contributed by atoms with Gasteiger partial charge in [-0.05, 0) is 68.5 Å². The van der Waals surface area contributed by atoms with Crippen LogP contribution in [0.4, 0.5) is 0 Å². The Morgan fingerprint density at radius 3 is 2.75 bits per heavy atom. The van der Waals surface area contributed by atoms with Gasteiger partial charge in [0, 0.05) is 23.1 Å². The van der Waals surface area contributed by atoms with Crippen LogP contribution in [0, 0.1) is 13.8 Å². The first-order valence-corrected chi connectivity index (χ1v) is 7.23. The Morgan fingerprint density at radius 1 is 1.25 bits per heavy atom. The minimum Gasteiger partial charge on any atom is -0.496 e. The van der Waals surface area contributed by atoms with Crippen molar-refractivity contribution in [2.75, 3.05) is 7.11 Å². The van der Waals surface area contributed by atoms with Gasteiger partial charge in [-0.3, -0.25) is 0 Å². The molecule has 0 aliphatic heterocycles. The number of ether oxygens (including phenoxy) is 1. The number of benzene rings is 1. The lowest BCUT2D eigenvalue weighted by Gasteiger charge is -2.21. The fourth-order valence-electron chi connectivity index (χ4n) is 3.30. The van der Waals surface area contributed by atoms with E-state index in [1.807, 2.05) is 6.07 Å². The predicted molar refractivity (Wildman–Crippen MR) is 81.7 cm³/mol. The van der Waals surface area contributed by atoms with E-state index in [4.69, 9.17) is 10.5 Å². The zero-order valence-electron chi connectivity index (χ0n) is 12.4. The lowest BCUT2D eigenvalue weighted by Crippen LogP contribution is -2.18. The molecule has 106 valence electrons. The molecule has 0 saturated carbocycles. The molecule has 1 aromatic heterocycles. The fraction of sp³-hybridized carbons (Fsp3) is 0.412.